The summed E-state index contributed by atoms with van der Waals surface area (Å²) < 4.78 is 34.2. The molecule has 7 nitrogen and oxygen atoms in total. The number of carbonyl (C=O) groups excluding carboxylic acids is 1. The molecular weight excluding hydrogens is 534 g/mol. The molecule has 5 rings (SSSR count). The van der Waals surface area contributed by atoms with Crippen molar-refractivity contribution in [3.8, 4) is 5.75 Å². The van der Waals surface area contributed by atoms with E-state index in [1.54, 1.807) is 41.6 Å². The zero-order chi connectivity index (χ0) is 28.8. The maximum absolute atomic E-state index is 13.5. The third-order valence-corrected chi connectivity index (χ3v) is 9.21. The number of carbonyl (C=O) groups is 1. The Morgan fingerprint density at radius 3 is 1.93 bits per heavy atom. The minimum absolute atomic E-state index is 0.0578. The number of piperazine rings is 1. The van der Waals surface area contributed by atoms with Crippen molar-refractivity contribution >= 4 is 21.6 Å². The van der Waals surface area contributed by atoms with E-state index in [1.165, 1.54) is 11.1 Å². The molecule has 0 aliphatic carbocycles. The fourth-order valence-electron chi connectivity index (χ4n) is 5.14. The number of anilines is 1. The molecule has 1 aliphatic heterocycles. The summed E-state index contributed by atoms with van der Waals surface area (Å²) >= 11 is 0. The average Bonchev–Trinajstić information content (AvgIpc) is 2.99. The van der Waals surface area contributed by atoms with Crippen molar-refractivity contribution in [2.45, 2.75) is 30.9 Å². The van der Waals surface area contributed by atoms with E-state index in [0.717, 1.165) is 5.56 Å². The van der Waals surface area contributed by atoms with Crippen LogP contribution < -0.4 is 10.1 Å². The van der Waals surface area contributed by atoms with Crippen LogP contribution >= 0.6 is 0 Å². The summed E-state index contributed by atoms with van der Waals surface area (Å²) in [5, 5.41) is 2.81. The second-order valence-corrected chi connectivity index (χ2v) is 12.2. The lowest BCUT2D eigenvalue weighted by Gasteiger charge is -2.39. The lowest BCUT2D eigenvalue weighted by Crippen LogP contribution is -2.49. The Balaban J connectivity index is 1.21. The van der Waals surface area contributed by atoms with Gasteiger partial charge in [0.1, 0.15) is 5.75 Å². The van der Waals surface area contributed by atoms with Gasteiger partial charge in [0.05, 0.1) is 10.9 Å². The molecule has 1 N–H and O–H groups in total. The highest BCUT2D eigenvalue weighted by atomic mass is 32.2. The van der Waals surface area contributed by atoms with Gasteiger partial charge in [0.2, 0.25) is 10.0 Å². The van der Waals surface area contributed by atoms with Gasteiger partial charge in [-0.05, 0) is 66.9 Å². The molecule has 1 heterocycles. The summed E-state index contributed by atoms with van der Waals surface area (Å²) in [6.45, 7) is 5.65. The van der Waals surface area contributed by atoms with E-state index >= 15 is 0 Å². The van der Waals surface area contributed by atoms with Gasteiger partial charge in [-0.1, -0.05) is 72.8 Å². The smallest absolute Gasteiger partial charge is 0.265 e. The molecule has 41 heavy (non-hydrogen) atoms. The number of amides is 1. The predicted octanol–water partition coefficient (Wildman–Crippen LogP) is 5.50. The molecule has 4 aromatic rings. The number of ether oxygens (including phenoxy) is 1. The highest BCUT2D eigenvalue weighted by molar-refractivity contribution is 7.89. The minimum Gasteiger partial charge on any atom is -0.481 e. The molecule has 0 spiro atoms. The maximum Gasteiger partial charge on any atom is 0.265 e. The summed E-state index contributed by atoms with van der Waals surface area (Å²) in [5.74, 6) is 0.303. The molecule has 1 amide bonds. The third kappa shape index (κ3) is 6.85. The van der Waals surface area contributed by atoms with Crippen molar-refractivity contribution in [3.05, 3.63) is 126 Å². The van der Waals surface area contributed by atoms with Crippen molar-refractivity contribution in [2.24, 2.45) is 0 Å². The van der Waals surface area contributed by atoms with Gasteiger partial charge >= 0.3 is 0 Å². The molecule has 0 aromatic heterocycles. The Hall–Kier alpha value is -3.98. The first-order valence-electron chi connectivity index (χ1n) is 13.8. The second-order valence-electron chi connectivity index (χ2n) is 10.3. The van der Waals surface area contributed by atoms with E-state index in [9.17, 15) is 13.2 Å². The number of benzene rings is 4. The first kappa shape index (κ1) is 28.5. The van der Waals surface area contributed by atoms with Gasteiger partial charge in [-0.2, -0.15) is 4.31 Å². The highest BCUT2D eigenvalue weighted by Crippen LogP contribution is 2.30. The van der Waals surface area contributed by atoms with Crippen molar-refractivity contribution < 1.29 is 17.9 Å². The molecular formula is C33H35N3O4S. The van der Waals surface area contributed by atoms with Gasteiger partial charge in [0.25, 0.3) is 5.91 Å². The average molecular weight is 570 g/mol. The first-order valence-corrected chi connectivity index (χ1v) is 15.2. The zero-order valence-electron chi connectivity index (χ0n) is 23.3. The molecule has 0 saturated carbocycles. The van der Waals surface area contributed by atoms with E-state index in [-0.39, 0.29) is 16.8 Å². The molecule has 0 radical (unpaired) electrons. The van der Waals surface area contributed by atoms with E-state index in [0.29, 0.717) is 37.6 Å². The van der Waals surface area contributed by atoms with Gasteiger partial charge in [0, 0.05) is 31.9 Å². The number of hydrogen-bond donors (Lipinski definition) is 1. The lowest BCUT2D eigenvalue weighted by atomic mass is 9.96. The molecule has 1 fully saturated rings. The monoisotopic (exact) mass is 569 g/mol. The van der Waals surface area contributed by atoms with Crippen LogP contribution in [0.1, 0.15) is 29.7 Å². The first-order chi connectivity index (χ1) is 19.8. The molecule has 1 aliphatic rings. The van der Waals surface area contributed by atoms with Crippen molar-refractivity contribution in [3.63, 3.8) is 0 Å². The lowest BCUT2D eigenvalue weighted by molar-refractivity contribution is -0.122. The minimum atomic E-state index is -3.68. The van der Waals surface area contributed by atoms with Crippen LogP contribution in [0.25, 0.3) is 0 Å². The maximum atomic E-state index is 13.5. The summed E-state index contributed by atoms with van der Waals surface area (Å²) in [4.78, 5) is 15.2. The van der Waals surface area contributed by atoms with E-state index < -0.39 is 16.1 Å². The van der Waals surface area contributed by atoms with Crippen molar-refractivity contribution in [1.82, 2.24) is 9.21 Å². The van der Waals surface area contributed by atoms with Crippen molar-refractivity contribution in [1.29, 1.82) is 0 Å². The van der Waals surface area contributed by atoms with Crippen LogP contribution in [0.2, 0.25) is 0 Å². The van der Waals surface area contributed by atoms with Crippen LogP contribution in [-0.4, -0.2) is 55.8 Å². The Morgan fingerprint density at radius 1 is 0.780 bits per heavy atom. The SMILES string of the molecule is Cc1cccc(OC(C)C(=O)Nc2ccc(S(=O)(=O)N3CCN(C(c4ccccc4)c4ccccc4)CC3)cc2)c1. The zero-order valence-corrected chi connectivity index (χ0v) is 24.1. The molecule has 1 unspecified atom stereocenters. The Labute approximate surface area is 242 Å². The number of aryl methyl sites for hydroxylation is 1. The van der Waals surface area contributed by atoms with Gasteiger partial charge in [0.15, 0.2) is 6.10 Å². The van der Waals surface area contributed by atoms with Crippen LogP contribution in [0.3, 0.4) is 0 Å². The fraction of sp³-hybridized carbons (Fsp3) is 0.242. The van der Waals surface area contributed by atoms with Gasteiger partial charge < -0.3 is 10.1 Å². The number of nitrogens with one attached hydrogen (secondary N) is 1. The third-order valence-electron chi connectivity index (χ3n) is 7.30. The predicted molar refractivity (Wildman–Crippen MR) is 161 cm³/mol. The fourth-order valence-corrected chi connectivity index (χ4v) is 6.56. The molecule has 212 valence electrons. The number of hydrogen-bond acceptors (Lipinski definition) is 5. The van der Waals surface area contributed by atoms with Gasteiger partial charge in [-0.15, -0.1) is 0 Å². The largest absolute Gasteiger partial charge is 0.481 e. The van der Waals surface area contributed by atoms with Gasteiger partial charge in [-0.25, -0.2) is 8.42 Å². The Morgan fingerprint density at radius 2 is 1.37 bits per heavy atom. The van der Waals surface area contributed by atoms with E-state index in [4.69, 9.17) is 4.74 Å². The number of nitrogens with zero attached hydrogens (tertiary/aromatic N) is 2. The standard InChI is InChI=1S/C33H35N3O4S/c1-25-10-9-15-30(24-25)40-26(2)33(37)34-29-16-18-31(19-17-29)41(38,39)36-22-20-35(21-23-36)32(27-11-5-3-6-12-27)28-13-7-4-8-14-28/h3-19,24,26,32H,20-23H2,1-2H3,(H,34,37). The van der Waals surface area contributed by atoms with Crippen LogP contribution in [0.5, 0.6) is 5.75 Å². The quantitative estimate of drug-likeness (QED) is 0.288. The van der Waals surface area contributed by atoms with Crippen LogP contribution in [0.4, 0.5) is 5.69 Å². The van der Waals surface area contributed by atoms with Gasteiger partial charge in [-0.3, -0.25) is 9.69 Å². The van der Waals surface area contributed by atoms with E-state index in [1.807, 2.05) is 61.5 Å². The van der Waals surface area contributed by atoms with Crippen LogP contribution in [0.15, 0.2) is 114 Å². The Kier molecular flexibility index (Phi) is 8.83. The Bertz CT molecular complexity index is 1510. The number of rotatable bonds is 9. The molecule has 1 atom stereocenters. The molecule has 0 bridgehead atoms. The van der Waals surface area contributed by atoms with Crippen molar-refractivity contribution in [2.75, 3.05) is 31.5 Å². The van der Waals surface area contributed by atoms with Crippen LogP contribution in [-0.2, 0) is 14.8 Å². The number of sulfonamides is 1. The van der Waals surface area contributed by atoms with Crippen LogP contribution in [0, 0.1) is 6.92 Å². The summed E-state index contributed by atoms with van der Waals surface area (Å²) in [5.41, 5.74) is 3.92. The molecule has 1 saturated heterocycles. The summed E-state index contributed by atoms with van der Waals surface area (Å²) in [7, 11) is -3.68. The topological polar surface area (TPSA) is 78.9 Å². The summed E-state index contributed by atoms with van der Waals surface area (Å²) in [6.07, 6.45) is -0.716. The highest BCUT2D eigenvalue weighted by Gasteiger charge is 2.32. The molecule has 4 aromatic carbocycles. The molecule has 8 heteroatoms. The normalized spacial score (nSPS) is 15.4. The second kappa shape index (κ2) is 12.7. The summed E-state index contributed by atoms with van der Waals surface area (Å²) in [6, 6.07) is 34.5. The van der Waals surface area contributed by atoms with E-state index in [2.05, 4.69) is 34.5 Å².